The Kier molecular flexibility index (Phi) is 8.98. The molecular formula is C20H23N2O4PS. The van der Waals surface area contributed by atoms with Crippen LogP contribution in [0.15, 0.2) is 60.7 Å². The van der Waals surface area contributed by atoms with Crippen molar-refractivity contribution in [1.82, 2.24) is 10.6 Å². The zero-order valence-corrected chi connectivity index (χ0v) is 17.0. The summed E-state index contributed by atoms with van der Waals surface area (Å²) in [6, 6.07) is 19.0. The van der Waals surface area contributed by atoms with E-state index in [4.69, 9.17) is 5.11 Å². The molecule has 1 unspecified atom stereocenters. The molecule has 3 N–H and O–H groups in total. The minimum Gasteiger partial charge on any atom is -0.480 e. The van der Waals surface area contributed by atoms with E-state index in [-0.39, 0.29) is 24.6 Å². The lowest BCUT2D eigenvalue weighted by atomic mass is 10.3. The van der Waals surface area contributed by atoms with Gasteiger partial charge in [-0.1, -0.05) is 60.7 Å². The first-order chi connectivity index (χ1) is 13.5. The number of carbonyl (C=O) groups is 3. The van der Waals surface area contributed by atoms with E-state index in [1.807, 2.05) is 36.4 Å². The van der Waals surface area contributed by atoms with Gasteiger partial charge in [0.15, 0.2) is 0 Å². The van der Waals surface area contributed by atoms with E-state index in [1.54, 1.807) is 0 Å². The van der Waals surface area contributed by atoms with Crippen LogP contribution in [-0.2, 0) is 14.4 Å². The Morgan fingerprint density at radius 2 is 1.46 bits per heavy atom. The third kappa shape index (κ3) is 6.98. The molecule has 148 valence electrons. The second kappa shape index (κ2) is 11.5. The van der Waals surface area contributed by atoms with Crippen LogP contribution in [0.3, 0.4) is 0 Å². The van der Waals surface area contributed by atoms with E-state index in [9.17, 15) is 14.4 Å². The van der Waals surface area contributed by atoms with Gasteiger partial charge < -0.3 is 15.7 Å². The molecule has 8 heteroatoms. The molecule has 2 aromatic carbocycles. The number of amides is 2. The van der Waals surface area contributed by atoms with Crippen LogP contribution in [0.25, 0.3) is 0 Å². The molecule has 0 saturated heterocycles. The summed E-state index contributed by atoms with van der Waals surface area (Å²) in [4.78, 5) is 34.9. The lowest BCUT2D eigenvalue weighted by Gasteiger charge is -2.18. The predicted molar refractivity (Wildman–Crippen MR) is 115 cm³/mol. The van der Waals surface area contributed by atoms with Crippen molar-refractivity contribution in [3.8, 4) is 0 Å². The van der Waals surface area contributed by atoms with Crippen molar-refractivity contribution in [3.63, 3.8) is 0 Å². The van der Waals surface area contributed by atoms with Gasteiger partial charge in [0.1, 0.15) is 6.04 Å². The fourth-order valence-corrected chi connectivity index (χ4v) is 5.09. The number of thiol groups is 1. The van der Waals surface area contributed by atoms with Gasteiger partial charge in [0.25, 0.3) is 0 Å². The molecule has 1 atom stereocenters. The number of carboxylic acids is 1. The standard InChI is InChI=1S/C20H23N2O4PS/c23-18(21-13-19(24)22-17(14-28)20(25)26)11-12-27(15-7-3-1-4-8-15)16-9-5-2-6-10-16/h1-10,17,28H,11-14H2,(H,21,23)(H,22,24)(H,25,26). The van der Waals surface area contributed by atoms with Gasteiger partial charge in [-0.05, 0) is 24.7 Å². The van der Waals surface area contributed by atoms with Gasteiger partial charge >= 0.3 is 5.97 Å². The molecule has 2 aromatic rings. The van der Waals surface area contributed by atoms with Crippen LogP contribution in [0.2, 0.25) is 0 Å². The topological polar surface area (TPSA) is 95.5 Å². The van der Waals surface area contributed by atoms with Crippen LogP contribution in [0.1, 0.15) is 6.42 Å². The molecule has 0 radical (unpaired) electrons. The monoisotopic (exact) mass is 418 g/mol. The highest BCUT2D eigenvalue weighted by molar-refractivity contribution is 7.80. The third-order valence-corrected chi connectivity index (χ3v) is 6.84. The molecule has 6 nitrogen and oxygen atoms in total. The van der Waals surface area contributed by atoms with Gasteiger partial charge in [0.05, 0.1) is 6.54 Å². The first-order valence-corrected chi connectivity index (χ1v) is 10.9. The summed E-state index contributed by atoms with van der Waals surface area (Å²) in [5.41, 5.74) is 0. The number of hydrogen-bond donors (Lipinski definition) is 4. The second-order valence-corrected chi connectivity index (χ2v) is 8.69. The van der Waals surface area contributed by atoms with Crippen molar-refractivity contribution < 1.29 is 19.5 Å². The molecule has 0 heterocycles. The summed E-state index contributed by atoms with van der Waals surface area (Å²) in [6.07, 6.45) is 0.933. The molecule has 0 bridgehead atoms. The summed E-state index contributed by atoms with van der Waals surface area (Å²) >= 11 is 3.88. The molecule has 0 aliphatic heterocycles. The number of carboxylic acid groups (broad SMARTS) is 1. The van der Waals surface area contributed by atoms with Gasteiger partial charge in [-0.25, -0.2) is 4.79 Å². The SMILES string of the molecule is O=C(CCP(c1ccccc1)c1ccccc1)NCC(=O)NC(CS)C(=O)O. The fourth-order valence-electron chi connectivity index (χ4n) is 2.53. The lowest BCUT2D eigenvalue weighted by molar-refractivity contribution is -0.141. The van der Waals surface area contributed by atoms with Crippen molar-refractivity contribution in [2.45, 2.75) is 12.5 Å². The summed E-state index contributed by atoms with van der Waals surface area (Å²) in [5.74, 6) is -1.98. The zero-order valence-electron chi connectivity index (χ0n) is 15.2. The largest absolute Gasteiger partial charge is 0.480 e. The quantitative estimate of drug-likeness (QED) is 0.344. The average molecular weight is 418 g/mol. The normalized spacial score (nSPS) is 11.6. The van der Waals surface area contributed by atoms with Crippen molar-refractivity contribution in [2.75, 3.05) is 18.5 Å². The minimum absolute atomic E-state index is 0.0204. The molecule has 0 saturated carbocycles. The van der Waals surface area contributed by atoms with Crippen molar-refractivity contribution in [1.29, 1.82) is 0 Å². The molecule has 0 aliphatic rings. The Morgan fingerprint density at radius 3 is 1.93 bits per heavy atom. The molecule has 2 amide bonds. The molecular weight excluding hydrogens is 395 g/mol. The predicted octanol–water partition coefficient (Wildman–Crippen LogP) is 1.12. The summed E-state index contributed by atoms with van der Waals surface area (Å²) in [5, 5.41) is 16.2. The van der Waals surface area contributed by atoms with Crippen molar-refractivity contribution in [3.05, 3.63) is 60.7 Å². The Bertz CT molecular complexity index is 750. The molecule has 0 fully saturated rings. The first kappa shape index (κ1) is 21.9. The summed E-state index contributed by atoms with van der Waals surface area (Å²) < 4.78 is 0. The van der Waals surface area contributed by atoms with Gasteiger partial charge in [-0.15, -0.1) is 0 Å². The van der Waals surface area contributed by atoms with Gasteiger partial charge in [0, 0.05) is 12.2 Å². The zero-order chi connectivity index (χ0) is 20.4. The van der Waals surface area contributed by atoms with E-state index in [0.29, 0.717) is 6.16 Å². The Labute approximate surface area is 170 Å². The first-order valence-electron chi connectivity index (χ1n) is 8.78. The van der Waals surface area contributed by atoms with Crippen molar-refractivity contribution in [2.24, 2.45) is 0 Å². The molecule has 2 rings (SSSR count). The van der Waals surface area contributed by atoms with Crippen molar-refractivity contribution >= 4 is 48.9 Å². The van der Waals surface area contributed by atoms with E-state index in [2.05, 4.69) is 47.5 Å². The maximum Gasteiger partial charge on any atom is 0.327 e. The fraction of sp³-hybridized carbons (Fsp3) is 0.250. The van der Waals surface area contributed by atoms with Gasteiger partial charge in [-0.3, -0.25) is 9.59 Å². The second-order valence-electron chi connectivity index (χ2n) is 5.99. The smallest absolute Gasteiger partial charge is 0.327 e. The highest BCUT2D eigenvalue weighted by Gasteiger charge is 2.19. The highest BCUT2D eigenvalue weighted by Crippen LogP contribution is 2.33. The number of aliphatic carboxylic acids is 1. The summed E-state index contributed by atoms with van der Waals surface area (Å²) in [6.45, 7) is -0.259. The third-order valence-electron chi connectivity index (χ3n) is 3.96. The van der Waals surface area contributed by atoms with Crippen LogP contribution in [0, 0.1) is 0 Å². The van der Waals surface area contributed by atoms with E-state index < -0.39 is 25.8 Å². The van der Waals surface area contributed by atoms with Crippen LogP contribution in [0.4, 0.5) is 0 Å². The van der Waals surface area contributed by atoms with Crippen LogP contribution in [0.5, 0.6) is 0 Å². The number of nitrogens with one attached hydrogen (secondary N) is 2. The highest BCUT2D eigenvalue weighted by atomic mass is 32.1. The Balaban J connectivity index is 1.90. The maximum atomic E-state index is 12.2. The molecule has 0 spiro atoms. The van der Waals surface area contributed by atoms with Gasteiger partial charge in [-0.2, -0.15) is 12.6 Å². The number of carbonyl (C=O) groups excluding carboxylic acids is 2. The summed E-state index contributed by atoms with van der Waals surface area (Å²) in [7, 11) is -0.684. The van der Waals surface area contributed by atoms with E-state index >= 15 is 0 Å². The maximum absolute atomic E-state index is 12.2. The molecule has 0 aliphatic carbocycles. The van der Waals surface area contributed by atoms with E-state index in [0.717, 1.165) is 0 Å². The van der Waals surface area contributed by atoms with Crippen LogP contribution < -0.4 is 21.2 Å². The number of rotatable bonds is 10. The average Bonchev–Trinajstić information content (AvgIpc) is 2.72. The number of hydrogen-bond acceptors (Lipinski definition) is 4. The Hall–Kier alpha value is -2.37. The number of benzene rings is 2. The lowest BCUT2D eigenvalue weighted by Crippen LogP contribution is -2.46. The van der Waals surface area contributed by atoms with Gasteiger partial charge in [0.2, 0.25) is 11.8 Å². The molecule has 0 aromatic heterocycles. The van der Waals surface area contributed by atoms with Crippen LogP contribution in [-0.4, -0.2) is 47.4 Å². The van der Waals surface area contributed by atoms with Crippen LogP contribution >= 0.6 is 20.6 Å². The Morgan fingerprint density at radius 1 is 0.929 bits per heavy atom. The molecule has 28 heavy (non-hydrogen) atoms. The minimum atomic E-state index is -1.16. The van der Waals surface area contributed by atoms with E-state index in [1.165, 1.54) is 10.6 Å².